The lowest BCUT2D eigenvalue weighted by Gasteiger charge is -1.89. The number of hydrogen-bond donors (Lipinski definition) is 0. The highest BCUT2D eigenvalue weighted by Crippen LogP contribution is 1.95. The van der Waals surface area contributed by atoms with Crippen LogP contribution in [0.1, 0.15) is 5.69 Å². The topological polar surface area (TPSA) is 90.6 Å². The number of fused-ring (bicyclic) bond motifs is 1. The lowest BCUT2D eigenvalue weighted by Crippen LogP contribution is -2.27. The number of aryl methyl sites for hydroxylation is 1. The second-order valence-electron chi connectivity index (χ2n) is 3.14. The monoisotopic (exact) mass is 253 g/mol. The van der Waals surface area contributed by atoms with Gasteiger partial charge in [0.15, 0.2) is 0 Å². The van der Waals surface area contributed by atoms with Crippen LogP contribution in [0.3, 0.4) is 0 Å². The first-order valence-corrected chi connectivity index (χ1v) is 5.34. The van der Waals surface area contributed by atoms with Gasteiger partial charge in [-0.3, -0.25) is 9.59 Å². The number of hydrogen-bond acceptors (Lipinski definition) is 7. The van der Waals surface area contributed by atoms with Crippen LogP contribution in [0.25, 0.3) is 11.0 Å². The van der Waals surface area contributed by atoms with E-state index in [1.807, 2.05) is 0 Å². The number of aromatic nitrogens is 3. The Labute approximate surface area is 98.0 Å². The van der Waals surface area contributed by atoms with Crippen LogP contribution in [0.5, 0.6) is 0 Å². The number of esters is 1. The van der Waals surface area contributed by atoms with Crippen LogP contribution >= 0.6 is 11.3 Å². The predicted octanol–water partition coefficient (Wildman–Crippen LogP) is -1.51. The molecule has 0 bridgehead atoms. The Morgan fingerprint density at radius 2 is 2.18 bits per heavy atom. The highest BCUT2D eigenvalue weighted by Gasteiger charge is 2.09. The van der Waals surface area contributed by atoms with Crippen LogP contribution in [0, 0.1) is 6.92 Å². The summed E-state index contributed by atoms with van der Waals surface area (Å²) in [5, 5.41) is 3.80. The summed E-state index contributed by atoms with van der Waals surface area (Å²) < 4.78 is 5.54. The minimum Gasteiger partial charge on any atom is -0.466 e. The second-order valence-corrected chi connectivity index (χ2v) is 4.14. The van der Waals surface area contributed by atoms with Crippen molar-refractivity contribution in [3.8, 4) is 0 Å². The number of rotatable bonds is 1. The molecule has 2 heterocycles. The molecule has 2 aromatic rings. The van der Waals surface area contributed by atoms with Gasteiger partial charge >= 0.3 is 5.97 Å². The van der Waals surface area contributed by atoms with E-state index < -0.39 is 17.1 Å². The minimum atomic E-state index is -0.645. The lowest BCUT2D eigenvalue weighted by atomic mass is 10.5. The molecule has 0 aliphatic heterocycles. The molecular weight excluding hydrogens is 246 g/mol. The molecule has 0 radical (unpaired) electrons. The van der Waals surface area contributed by atoms with Crippen molar-refractivity contribution in [3.05, 3.63) is 30.9 Å². The first-order chi connectivity index (χ1) is 8.02. The van der Waals surface area contributed by atoms with E-state index in [4.69, 9.17) is 0 Å². The van der Waals surface area contributed by atoms with E-state index in [9.17, 15) is 14.4 Å². The molecule has 0 unspecified atom stereocenters. The maximum Gasteiger partial charge on any atom is 0.332 e. The molecule has 0 fully saturated rings. The summed E-state index contributed by atoms with van der Waals surface area (Å²) in [7, 11) is 1.21. The highest BCUT2D eigenvalue weighted by molar-refractivity contribution is 7.15. The third-order valence-electron chi connectivity index (χ3n) is 1.99. The summed E-state index contributed by atoms with van der Waals surface area (Å²) in [5.41, 5.74) is -0.858. The molecular formula is C9H7N3O4S. The summed E-state index contributed by atoms with van der Waals surface area (Å²) in [6.45, 7) is 1.46. The number of carbonyl (C=O) groups excluding carboxylic acids is 1. The van der Waals surface area contributed by atoms with E-state index >= 15 is 0 Å². The van der Waals surface area contributed by atoms with Gasteiger partial charge in [0.1, 0.15) is 10.2 Å². The van der Waals surface area contributed by atoms with Crippen molar-refractivity contribution in [3.63, 3.8) is 0 Å². The van der Waals surface area contributed by atoms with Gasteiger partial charge in [-0.25, -0.2) is 4.79 Å². The van der Waals surface area contributed by atoms with Gasteiger partial charge in [0.05, 0.1) is 7.11 Å². The van der Waals surface area contributed by atoms with Gasteiger partial charge in [-0.15, -0.1) is 0 Å². The summed E-state index contributed by atoms with van der Waals surface area (Å²) in [5.74, 6) is -0.645. The third-order valence-corrected chi connectivity index (χ3v) is 2.95. The number of thiazole rings is 1. The average Bonchev–Trinajstić information content (AvgIpc) is 2.57. The molecule has 0 spiro atoms. The largest absolute Gasteiger partial charge is 0.466 e. The molecule has 0 saturated heterocycles. The van der Waals surface area contributed by atoms with Gasteiger partial charge < -0.3 is 4.74 Å². The molecule has 0 saturated carbocycles. The van der Waals surface area contributed by atoms with E-state index in [-0.39, 0.29) is 15.2 Å². The fourth-order valence-electron chi connectivity index (χ4n) is 1.15. The van der Waals surface area contributed by atoms with Crippen molar-refractivity contribution >= 4 is 28.3 Å². The standard InChI is InChI=1S/C9H7N3O4S/c1-4-7(14)10-9-12(11-4)8(15)5(17-9)3-6(13)16-2/h3H,1-2H3. The quantitative estimate of drug-likeness (QED) is 0.574. The van der Waals surface area contributed by atoms with Crippen LogP contribution in [-0.4, -0.2) is 27.7 Å². The van der Waals surface area contributed by atoms with Crippen molar-refractivity contribution in [1.82, 2.24) is 14.6 Å². The molecule has 0 atom stereocenters. The van der Waals surface area contributed by atoms with Gasteiger partial charge in [-0.2, -0.15) is 14.6 Å². The van der Waals surface area contributed by atoms with Crippen LogP contribution in [0.15, 0.2) is 9.59 Å². The van der Waals surface area contributed by atoms with E-state index in [2.05, 4.69) is 14.8 Å². The molecule has 8 heteroatoms. The minimum absolute atomic E-state index is 0.127. The lowest BCUT2D eigenvalue weighted by molar-refractivity contribution is -0.133. The molecule has 0 N–H and O–H groups in total. The normalized spacial score (nSPS) is 12.0. The van der Waals surface area contributed by atoms with E-state index in [1.54, 1.807) is 0 Å². The number of carbonyl (C=O) groups is 1. The van der Waals surface area contributed by atoms with Gasteiger partial charge in [-0.05, 0) is 6.92 Å². The van der Waals surface area contributed by atoms with Crippen molar-refractivity contribution < 1.29 is 9.53 Å². The predicted molar refractivity (Wildman–Crippen MR) is 59.8 cm³/mol. The molecule has 2 aromatic heterocycles. The van der Waals surface area contributed by atoms with Crippen LogP contribution in [0.4, 0.5) is 0 Å². The Morgan fingerprint density at radius 1 is 1.47 bits per heavy atom. The van der Waals surface area contributed by atoms with Crippen molar-refractivity contribution in [2.24, 2.45) is 0 Å². The SMILES string of the molecule is COC(=O)C=c1sc2nc(=O)c(C)nn2c1=O. The van der Waals surface area contributed by atoms with Gasteiger partial charge in [0.2, 0.25) is 4.96 Å². The van der Waals surface area contributed by atoms with Gasteiger partial charge in [0, 0.05) is 6.08 Å². The fourth-order valence-corrected chi connectivity index (χ4v) is 2.02. The zero-order valence-corrected chi connectivity index (χ0v) is 9.78. The Hall–Kier alpha value is -2.09. The number of ether oxygens (including phenoxy) is 1. The summed E-state index contributed by atoms with van der Waals surface area (Å²) in [4.78, 5) is 37.9. The van der Waals surface area contributed by atoms with Gasteiger partial charge in [0.25, 0.3) is 11.1 Å². The Bertz CT molecular complexity index is 761. The molecule has 0 aliphatic carbocycles. The summed E-state index contributed by atoms with van der Waals surface area (Å²) >= 11 is 0.911. The van der Waals surface area contributed by atoms with E-state index in [0.29, 0.717) is 0 Å². The molecule has 88 valence electrons. The van der Waals surface area contributed by atoms with Gasteiger partial charge in [-0.1, -0.05) is 11.3 Å². The Balaban J connectivity index is 2.83. The maximum absolute atomic E-state index is 11.8. The smallest absolute Gasteiger partial charge is 0.332 e. The molecule has 7 nitrogen and oxygen atoms in total. The van der Waals surface area contributed by atoms with Crippen LogP contribution < -0.4 is 15.7 Å². The molecule has 0 aliphatic rings. The van der Waals surface area contributed by atoms with Crippen LogP contribution in [0.2, 0.25) is 0 Å². The first-order valence-electron chi connectivity index (χ1n) is 4.53. The van der Waals surface area contributed by atoms with Crippen molar-refractivity contribution in [2.75, 3.05) is 7.11 Å². The van der Waals surface area contributed by atoms with E-state index in [1.165, 1.54) is 14.0 Å². The maximum atomic E-state index is 11.8. The number of nitrogens with zero attached hydrogens (tertiary/aromatic N) is 3. The highest BCUT2D eigenvalue weighted by atomic mass is 32.1. The zero-order chi connectivity index (χ0) is 12.6. The Kier molecular flexibility index (Phi) is 2.72. The first kappa shape index (κ1) is 11.4. The average molecular weight is 253 g/mol. The van der Waals surface area contributed by atoms with Crippen LogP contribution in [-0.2, 0) is 9.53 Å². The van der Waals surface area contributed by atoms with E-state index in [0.717, 1.165) is 21.9 Å². The summed E-state index contributed by atoms with van der Waals surface area (Å²) in [6, 6.07) is 0. The third kappa shape index (κ3) is 1.94. The Morgan fingerprint density at radius 3 is 2.82 bits per heavy atom. The molecule has 2 rings (SSSR count). The van der Waals surface area contributed by atoms with Crippen molar-refractivity contribution in [1.29, 1.82) is 0 Å². The molecule has 0 aromatic carbocycles. The fraction of sp³-hybridized carbons (Fsp3) is 0.222. The molecule has 17 heavy (non-hydrogen) atoms. The zero-order valence-electron chi connectivity index (χ0n) is 8.96. The molecule has 0 amide bonds. The number of methoxy groups -OCH3 is 1. The van der Waals surface area contributed by atoms with Crippen molar-refractivity contribution in [2.45, 2.75) is 6.92 Å². The second kappa shape index (κ2) is 4.06. The summed E-state index contributed by atoms with van der Waals surface area (Å²) in [6.07, 6.45) is 1.04.